The molecule has 11 heteroatoms. The van der Waals surface area contributed by atoms with Crippen molar-refractivity contribution < 1.29 is 19.1 Å². The highest BCUT2D eigenvalue weighted by atomic mass is 16.7. The molecule has 184 valence electrons. The molecule has 0 atom stereocenters. The highest BCUT2D eigenvalue weighted by Gasteiger charge is 2.24. The van der Waals surface area contributed by atoms with E-state index in [9.17, 15) is 19.2 Å². The van der Waals surface area contributed by atoms with Gasteiger partial charge in [-0.3, -0.25) is 23.9 Å². The van der Waals surface area contributed by atoms with E-state index in [-0.39, 0.29) is 53.7 Å². The predicted molar refractivity (Wildman–Crippen MR) is 129 cm³/mol. The molecule has 1 aromatic carbocycles. The normalized spacial score (nSPS) is 12.3. The third kappa shape index (κ3) is 5.41. The van der Waals surface area contributed by atoms with Crippen LogP contribution >= 0.6 is 0 Å². The zero-order chi connectivity index (χ0) is 25.2. The van der Waals surface area contributed by atoms with E-state index < -0.39 is 17.2 Å². The molecular weight excluding hydrogens is 442 g/mol. The van der Waals surface area contributed by atoms with Crippen LogP contribution < -0.4 is 36.7 Å². The first kappa shape index (κ1) is 24.9. The number of carbonyl (C=O) groups is 2. The van der Waals surface area contributed by atoms with Gasteiger partial charge in [-0.15, -0.1) is 0 Å². The second-order valence-electron chi connectivity index (χ2n) is 9.13. The standard InChI is InChI=1S/C23H31N5O6/c1-12(2)8-27(20-21(24)28(9-13(3)4)23(32)26-22(20)31)10-19(30)25-16-7-18-17(33-11-34-18)6-15(16)14(5)29/h6-7,12-13H,8-11,24H2,1-5H3,(H,25,30)(H,26,31,32). The Morgan fingerprint density at radius 1 is 1.15 bits per heavy atom. The smallest absolute Gasteiger partial charge is 0.330 e. The molecule has 0 radical (unpaired) electrons. The number of nitrogens with two attached hydrogens (primary N) is 1. The molecule has 2 heterocycles. The minimum atomic E-state index is -0.663. The van der Waals surface area contributed by atoms with Crippen molar-refractivity contribution in [3.63, 3.8) is 0 Å². The SMILES string of the molecule is CC(=O)c1cc2c(cc1NC(=O)CN(CC(C)C)c1c(N)n(CC(C)C)c(=O)[nH]c1=O)OCO2. The number of rotatable bonds is 9. The number of nitrogens with one attached hydrogen (secondary N) is 2. The number of nitrogen functional groups attached to an aromatic ring is 1. The third-order valence-corrected chi connectivity index (χ3v) is 5.16. The zero-order valence-electron chi connectivity index (χ0n) is 20.1. The monoisotopic (exact) mass is 473 g/mol. The molecule has 1 aromatic heterocycles. The van der Waals surface area contributed by atoms with Gasteiger partial charge in [0.25, 0.3) is 5.56 Å². The molecule has 11 nitrogen and oxygen atoms in total. The van der Waals surface area contributed by atoms with Gasteiger partial charge in [0.2, 0.25) is 12.7 Å². The number of aromatic nitrogens is 2. The second-order valence-corrected chi connectivity index (χ2v) is 9.13. The minimum Gasteiger partial charge on any atom is -0.454 e. The lowest BCUT2D eigenvalue weighted by atomic mass is 10.1. The number of amides is 1. The number of fused-ring (bicyclic) bond motifs is 1. The number of aromatic amines is 1. The van der Waals surface area contributed by atoms with Crippen molar-refractivity contribution in [2.75, 3.05) is 35.8 Å². The van der Waals surface area contributed by atoms with Crippen LogP contribution in [0.15, 0.2) is 21.7 Å². The highest BCUT2D eigenvalue weighted by Crippen LogP contribution is 2.37. The molecule has 0 bridgehead atoms. The number of ether oxygens (including phenoxy) is 2. The number of Topliss-reactive ketones (excluding diaryl/α,β-unsaturated/α-hetero) is 1. The number of nitrogens with zero attached hydrogens (tertiary/aromatic N) is 2. The van der Waals surface area contributed by atoms with E-state index in [1.54, 1.807) is 4.90 Å². The second kappa shape index (κ2) is 10.0. The van der Waals surface area contributed by atoms with E-state index in [0.29, 0.717) is 24.6 Å². The van der Waals surface area contributed by atoms with Crippen molar-refractivity contribution in [3.05, 3.63) is 38.5 Å². The zero-order valence-corrected chi connectivity index (χ0v) is 20.1. The lowest BCUT2D eigenvalue weighted by Gasteiger charge is -2.27. The summed E-state index contributed by atoms with van der Waals surface area (Å²) in [5.41, 5.74) is 5.60. The summed E-state index contributed by atoms with van der Waals surface area (Å²) in [6, 6.07) is 3.06. The third-order valence-electron chi connectivity index (χ3n) is 5.16. The maximum absolute atomic E-state index is 13.0. The molecule has 0 unspecified atom stereocenters. The molecule has 4 N–H and O–H groups in total. The average Bonchev–Trinajstić information content (AvgIpc) is 3.17. The summed E-state index contributed by atoms with van der Waals surface area (Å²) in [6.07, 6.45) is 0. The van der Waals surface area contributed by atoms with Gasteiger partial charge in [0.1, 0.15) is 11.5 Å². The fraction of sp³-hybridized carbons (Fsp3) is 0.478. The summed E-state index contributed by atoms with van der Waals surface area (Å²) in [5, 5.41) is 2.73. The fourth-order valence-electron chi connectivity index (χ4n) is 3.80. The summed E-state index contributed by atoms with van der Waals surface area (Å²) in [7, 11) is 0. The summed E-state index contributed by atoms with van der Waals surface area (Å²) in [4.78, 5) is 54.1. The van der Waals surface area contributed by atoms with E-state index in [4.69, 9.17) is 15.2 Å². The molecule has 1 aliphatic heterocycles. The Hall–Kier alpha value is -3.76. The van der Waals surface area contributed by atoms with Crippen LogP contribution in [0.5, 0.6) is 11.5 Å². The summed E-state index contributed by atoms with van der Waals surface area (Å²) in [6.45, 7) is 9.56. The van der Waals surface area contributed by atoms with Crippen LogP contribution in [0.4, 0.5) is 17.2 Å². The summed E-state index contributed by atoms with van der Waals surface area (Å²) < 4.78 is 12.0. The Morgan fingerprint density at radius 3 is 2.38 bits per heavy atom. The van der Waals surface area contributed by atoms with E-state index in [1.807, 2.05) is 27.7 Å². The van der Waals surface area contributed by atoms with Gasteiger partial charge in [-0.05, 0) is 24.8 Å². The van der Waals surface area contributed by atoms with Gasteiger partial charge >= 0.3 is 5.69 Å². The number of H-pyrrole nitrogens is 1. The van der Waals surface area contributed by atoms with Gasteiger partial charge in [-0.1, -0.05) is 27.7 Å². The Bertz CT molecular complexity index is 1210. The van der Waals surface area contributed by atoms with Gasteiger partial charge in [0, 0.05) is 24.7 Å². The van der Waals surface area contributed by atoms with Gasteiger partial charge in [0.15, 0.2) is 17.3 Å². The Labute approximate surface area is 196 Å². The Kier molecular flexibility index (Phi) is 7.33. The van der Waals surface area contributed by atoms with Crippen LogP contribution in [0.3, 0.4) is 0 Å². The number of hydrogen-bond donors (Lipinski definition) is 3. The molecule has 1 amide bonds. The number of benzene rings is 1. The minimum absolute atomic E-state index is 0.00315. The van der Waals surface area contributed by atoms with Crippen LogP contribution in [0.25, 0.3) is 0 Å². The van der Waals surface area contributed by atoms with E-state index in [2.05, 4.69) is 10.3 Å². The van der Waals surface area contributed by atoms with Crippen molar-refractivity contribution in [2.24, 2.45) is 11.8 Å². The van der Waals surface area contributed by atoms with Gasteiger partial charge in [-0.2, -0.15) is 0 Å². The topological polar surface area (TPSA) is 149 Å². The van der Waals surface area contributed by atoms with E-state index >= 15 is 0 Å². The molecular formula is C23H31N5O6. The molecule has 0 fully saturated rings. The van der Waals surface area contributed by atoms with Crippen LogP contribution in [0.1, 0.15) is 45.0 Å². The first-order valence-corrected chi connectivity index (χ1v) is 11.1. The number of carbonyl (C=O) groups excluding carboxylic acids is 2. The highest BCUT2D eigenvalue weighted by molar-refractivity contribution is 6.05. The van der Waals surface area contributed by atoms with E-state index in [1.165, 1.54) is 23.6 Å². The summed E-state index contributed by atoms with van der Waals surface area (Å²) >= 11 is 0. The van der Waals surface area contributed by atoms with Crippen LogP contribution in [-0.2, 0) is 11.3 Å². The number of hydrogen-bond acceptors (Lipinski definition) is 8. The van der Waals surface area contributed by atoms with Crippen LogP contribution in [-0.4, -0.2) is 41.1 Å². The molecule has 0 saturated carbocycles. The molecule has 0 saturated heterocycles. The molecule has 2 aromatic rings. The predicted octanol–water partition coefficient (Wildman–Crippen LogP) is 1.81. The fourth-order valence-corrected chi connectivity index (χ4v) is 3.80. The van der Waals surface area contributed by atoms with Crippen molar-refractivity contribution in [1.29, 1.82) is 0 Å². The van der Waals surface area contributed by atoms with E-state index in [0.717, 1.165) is 0 Å². The number of anilines is 3. The maximum Gasteiger partial charge on any atom is 0.330 e. The molecule has 3 rings (SSSR count). The Morgan fingerprint density at radius 2 is 1.79 bits per heavy atom. The molecule has 0 spiro atoms. The van der Waals surface area contributed by atoms with Gasteiger partial charge in [-0.25, -0.2) is 4.79 Å². The van der Waals surface area contributed by atoms with Crippen LogP contribution in [0.2, 0.25) is 0 Å². The average molecular weight is 474 g/mol. The number of ketones is 1. The largest absolute Gasteiger partial charge is 0.454 e. The lowest BCUT2D eigenvalue weighted by molar-refractivity contribution is -0.115. The van der Waals surface area contributed by atoms with Gasteiger partial charge < -0.3 is 25.4 Å². The van der Waals surface area contributed by atoms with Crippen molar-refractivity contribution >= 4 is 28.9 Å². The molecule has 34 heavy (non-hydrogen) atoms. The quantitative estimate of drug-likeness (QED) is 0.467. The first-order valence-electron chi connectivity index (χ1n) is 11.1. The molecule has 1 aliphatic rings. The molecule has 0 aliphatic carbocycles. The summed E-state index contributed by atoms with van der Waals surface area (Å²) in [5.74, 6) is 0.309. The first-order chi connectivity index (χ1) is 16.0. The lowest BCUT2D eigenvalue weighted by Crippen LogP contribution is -2.43. The van der Waals surface area contributed by atoms with Crippen molar-refractivity contribution in [1.82, 2.24) is 9.55 Å². The maximum atomic E-state index is 13.0. The van der Waals surface area contributed by atoms with Gasteiger partial charge in [0.05, 0.1) is 12.2 Å². The Balaban J connectivity index is 1.95. The van der Waals surface area contributed by atoms with Crippen LogP contribution in [0, 0.1) is 11.8 Å². The van der Waals surface area contributed by atoms with Crippen molar-refractivity contribution in [2.45, 2.75) is 41.2 Å². The van der Waals surface area contributed by atoms with Crippen molar-refractivity contribution in [3.8, 4) is 11.5 Å².